The molecule has 1 aliphatic rings. The van der Waals surface area contributed by atoms with Crippen molar-refractivity contribution in [1.82, 2.24) is 4.72 Å². The SMILES string of the molecule is O=C1CCC(O)NS1. The van der Waals surface area contributed by atoms with Crippen LogP contribution in [0.4, 0.5) is 0 Å². The second kappa shape index (κ2) is 2.48. The second-order valence-electron chi connectivity index (χ2n) is 1.65. The molecule has 0 radical (unpaired) electrons. The number of hydrogen-bond acceptors (Lipinski definition) is 4. The highest BCUT2D eigenvalue weighted by Gasteiger charge is 2.15. The molecule has 0 aliphatic carbocycles. The highest BCUT2D eigenvalue weighted by Crippen LogP contribution is 2.12. The largest absolute Gasteiger partial charge is 0.378 e. The standard InChI is InChI=1S/C4H7NO2S/c6-3-1-2-4(7)8-5-3/h3,5-6H,1-2H2. The van der Waals surface area contributed by atoms with E-state index < -0.39 is 6.23 Å². The number of aliphatic hydroxyl groups excluding tert-OH is 1. The highest BCUT2D eigenvalue weighted by atomic mass is 32.2. The van der Waals surface area contributed by atoms with Gasteiger partial charge in [-0.3, -0.25) is 4.79 Å². The first-order valence-corrected chi connectivity index (χ1v) is 3.24. The van der Waals surface area contributed by atoms with Crippen molar-refractivity contribution in [2.45, 2.75) is 19.1 Å². The lowest BCUT2D eigenvalue weighted by Crippen LogP contribution is -2.28. The van der Waals surface area contributed by atoms with Gasteiger partial charge in [-0.1, -0.05) is 0 Å². The van der Waals surface area contributed by atoms with Gasteiger partial charge in [-0.15, -0.1) is 0 Å². The van der Waals surface area contributed by atoms with E-state index in [9.17, 15) is 4.79 Å². The van der Waals surface area contributed by atoms with Crippen molar-refractivity contribution in [3.05, 3.63) is 0 Å². The van der Waals surface area contributed by atoms with E-state index in [0.717, 1.165) is 11.9 Å². The number of nitrogens with one attached hydrogen (secondary N) is 1. The molecule has 0 saturated carbocycles. The number of hydrogen-bond donors (Lipinski definition) is 2. The quantitative estimate of drug-likeness (QED) is 0.452. The fourth-order valence-electron chi connectivity index (χ4n) is 0.498. The van der Waals surface area contributed by atoms with Crippen LogP contribution in [0.5, 0.6) is 0 Å². The monoisotopic (exact) mass is 133 g/mol. The van der Waals surface area contributed by atoms with Crippen LogP contribution >= 0.6 is 11.9 Å². The second-order valence-corrected chi connectivity index (χ2v) is 2.54. The summed E-state index contributed by atoms with van der Waals surface area (Å²) in [6.45, 7) is 0. The van der Waals surface area contributed by atoms with Crippen LogP contribution in [0.1, 0.15) is 12.8 Å². The Morgan fingerprint density at radius 2 is 2.62 bits per heavy atom. The summed E-state index contributed by atoms with van der Waals surface area (Å²) in [5.74, 6) is 0. The Bertz CT molecular complexity index is 96.2. The summed E-state index contributed by atoms with van der Waals surface area (Å²) in [4.78, 5) is 10.4. The molecule has 46 valence electrons. The van der Waals surface area contributed by atoms with E-state index in [0.29, 0.717) is 12.8 Å². The van der Waals surface area contributed by atoms with Crippen LogP contribution in [0.25, 0.3) is 0 Å². The normalized spacial score (nSPS) is 30.6. The third-order valence-electron chi connectivity index (χ3n) is 0.931. The lowest BCUT2D eigenvalue weighted by molar-refractivity contribution is -0.112. The third-order valence-corrected chi connectivity index (χ3v) is 1.75. The van der Waals surface area contributed by atoms with Crippen LogP contribution in [0.2, 0.25) is 0 Å². The summed E-state index contributed by atoms with van der Waals surface area (Å²) in [7, 11) is 0. The van der Waals surface area contributed by atoms with Crippen molar-refractivity contribution in [3.63, 3.8) is 0 Å². The fourth-order valence-corrected chi connectivity index (χ4v) is 1.10. The molecule has 4 heteroatoms. The van der Waals surface area contributed by atoms with Crippen LogP contribution < -0.4 is 4.72 Å². The third kappa shape index (κ3) is 1.47. The molecule has 1 heterocycles. The number of aliphatic hydroxyl groups is 1. The minimum absolute atomic E-state index is 0.107. The van der Waals surface area contributed by atoms with Crippen LogP contribution in [-0.4, -0.2) is 16.4 Å². The van der Waals surface area contributed by atoms with Crippen molar-refractivity contribution >= 4 is 17.1 Å². The molecule has 2 N–H and O–H groups in total. The predicted molar refractivity (Wildman–Crippen MR) is 31.0 cm³/mol. The molecule has 0 spiro atoms. The summed E-state index contributed by atoms with van der Waals surface area (Å²) in [5, 5.41) is 8.85. The molecule has 8 heavy (non-hydrogen) atoms. The highest BCUT2D eigenvalue weighted by molar-refractivity contribution is 8.12. The maximum Gasteiger partial charge on any atom is 0.203 e. The molecule has 1 rings (SSSR count). The molecule has 0 amide bonds. The summed E-state index contributed by atoms with van der Waals surface area (Å²) in [6, 6.07) is 0. The van der Waals surface area contributed by atoms with E-state index in [1.807, 2.05) is 0 Å². The lowest BCUT2D eigenvalue weighted by atomic mass is 10.3. The zero-order valence-electron chi connectivity index (χ0n) is 4.26. The van der Waals surface area contributed by atoms with Gasteiger partial charge in [0.1, 0.15) is 6.23 Å². The lowest BCUT2D eigenvalue weighted by Gasteiger charge is -2.14. The van der Waals surface area contributed by atoms with Crippen LogP contribution in [0.15, 0.2) is 0 Å². The summed E-state index contributed by atoms with van der Waals surface area (Å²) in [5.41, 5.74) is 0. The molecule has 1 atom stereocenters. The van der Waals surface area contributed by atoms with Crippen molar-refractivity contribution in [3.8, 4) is 0 Å². The van der Waals surface area contributed by atoms with E-state index in [-0.39, 0.29) is 5.12 Å². The van der Waals surface area contributed by atoms with Gasteiger partial charge in [0.15, 0.2) is 0 Å². The van der Waals surface area contributed by atoms with Crippen molar-refractivity contribution < 1.29 is 9.90 Å². The van der Waals surface area contributed by atoms with Gasteiger partial charge in [-0.2, -0.15) is 0 Å². The van der Waals surface area contributed by atoms with Gasteiger partial charge >= 0.3 is 0 Å². The minimum atomic E-state index is -0.488. The van der Waals surface area contributed by atoms with Crippen LogP contribution in [0.3, 0.4) is 0 Å². The number of carbonyl (C=O) groups is 1. The van der Waals surface area contributed by atoms with E-state index in [2.05, 4.69) is 4.72 Å². The molecule has 1 saturated heterocycles. The Labute approximate surface area is 51.6 Å². The average Bonchev–Trinajstić information content (AvgIpc) is 1.77. The molecule has 1 aliphatic heterocycles. The predicted octanol–water partition coefficient (Wildman–Crippen LogP) is -0.137. The van der Waals surface area contributed by atoms with Gasteiger partial charge in [-0.25, -0.2) is 4.72 Å². The number of carbonyl (C=O) groups excluding carboxylic acids is 1. The van der Waals surface area contributed by atoms with Crippen molar-refractivity contribution in [2.75, 3.05) is 0 Å². The first kappa shape index (κ1) is 6.07. The fraction of sp³-hybridized carbons (Fsp3) is 0.750. The Morgan fingerprint density at radius 1 is 1.88 bits per heavy atom. The Hall–Kier alpha value is -0.0600. The van der Waals surface area contributed by atoms with Gasteiger partial charge in [-0.05, 0) is 18.4 Å². The molecule has 1 fully saturated rings. The van der Waals surface area contributed by atoms with E-state index in [1.54, 1.807) is 0 Å². The molecule has 0 aromatic rings. The minimum Gasteiger partial charge on any atom is -0.378 e. The Morgan fingerprint density at radius 3 is 3.00 bits per heavy atom. The average molecular weight is 133 g/mol. The molecule has 1 unspecified atom stereocenters. The Balaban J connectivity index is 2.29. The molecule has 0 aromatic heterocycles. The molecular weight excluding hydrogens is 126 g/mol. The van der Waals surface area contributed by atoms with Crippen LogP contribution in [-0.2, 0) is 4.79 Å². The number of rotatable bonds is 0. The summed E-state index contributed by atoms with van der Waals surface area (Å²) < 4.78 is 2.55. The van der Waals surface area contributed by atoms with Crippen molar-refractivity contribution in [2.24, 2.45) is 0 Å². The molecular formula is C4H7NO2S. The Kier molecular flexibility index (Phi) is 1.88. The van der Waals surface area contributed by atoms with Gasteiger partial charge in [0.25, 0.3) is 0 Å². The van der Waals surface area contributed by atoms with Gasteiger partial charge in [0.05, 0.1) is 0 Å². The smallest absolute Gasteiger partial charge is 0.203 e. The topological polar surface area (TPSA) is 49.3 Å². The first-order chi connectivity index (χ1) is 3.79. The summed E-state index contributed by atoms with van der Waals surface area (Å²) in [6.07, 6.45) is 0.544. The molecule has 0 bridgehead atoms. The van der Waals surface area contributed by atoms with Gasteiger partial charge < -0.3 is 5.11 Å². The molecule has 3 nitrogen and oxygen atoms in total. The van der Waals surface area contributed by atoms with E-state index in [1.165, 1.54) is 0 Å². The zero-order chi connectivity index (χ0) is 5.98. The van der Waals surface area contributed by atoms with E-state index in [4.69, 9.17) is 5.11 Å². The van der Waals surface area contributed by atoms with Gasteiger partial charge in [0.2, 0.25) is 5.12 Å². The van der Waals surface area contributed by atoms with Crippen molar-refractivity contribution in [1.29, 1.82) is 0 Å². The summed E-state index contributed by atoms with van der Waals surface area (Å²) >= 11 is 0.987. The first-order valence-electron chi connectivity index (χ1n) is 2.42. The molecule has 0 aromatic carbocycles. The maximum atomic E-state index is 10.4. The van der Waals surface area contributed by atoms with Gasteiger partial charge in [0, 0.05) is 6.42 Å². The zero-order valence-corrected chi connectivity index (χ0v) is 5.07. The van der Waals surface area contributed by atoms with E-state index >= 15 is 0 Å². The van der Waals surface area contributed by atoms with Crippen LogP contribution in [0, 0.1) is 0 Å². The maximum absolute atomic E-state index is 10.4.